The molecule has 10 heteroatoms. The molecular formula is C25H28BrN3O6. The first-order valence-electron chi connectivity index (χ1n) is 11.0. The van der Waals surface area contributed by atoms with Gasteiger partial charge in [-0.15, -0.1) is 0 Å². The van der Waals surface area contributed by atoms with Crippen LogP contribution in [0.2, 0.25) is 0 Å². The fourth-order valence-electron chi connectivity index (χ4n) is 3.39. The summed E-state index contributed by atoms with van der Waals surface area (Å²) in [6.45, 7) is 5.59. The van der Waals surface area contributed by atoms with Gasteiger partial charge in [0.15, 0.2) is 17.6 Å². The Labute approximate surface area is 211 Å². The highest BCUT2D eigenvalue weighted by Gasteiger charge is 2.22. The molecule has 1 heterocycles. The molecule has 0 fully saturated rings. The summed E-state index contributed by atoms with van der Waals surface area (Å²) in [5.41, 5.74) is 0.936. The number of methoxy groups -OCH3 is 3. The van der Waals surface area contributed by atoms with E-state index < -0.39 is 12.1 Å². The van der Waals surface area contributed by atoms with Gasteiger partial charge in [-0.3, -0.25) is 4.79 Å². The van der Waals surface area contributed by atoms with Crippen LogP contribution in [0, 0.1) is 0 Å². The van der Waals surface area contributed by atoms with Crippen LogP contribution >= 0.6 is 15.9 Å². The monoisotopic (exact) mass is 545 g/mol. The third-order valence-electron chi connectivity index (χ3n) is 5.52. The zero-order valence-electron chi connectivity index (χ0n) is 20.5. The first kappa shape index (κ1) is 26.2. The summed E-state index contributed by atoms with van der Waals surface area (Å²) >= 11 is 3.41. The molecule has 3 rings (SSSR count). The highest BCUT2D eigenvalue weighted by atomic mass is 79.9. The van der Waals surface area contributed by atoms with Crippen LogP contribution in [0.1, 0.15) is 44.5 Å². The van der Waals surface area contributed by atoms with Crippen molar-refractivity contribution in [1.29, 1.82) is 0 Å². The van der Waals surface area contributed by atoms with Gasteiger partial charge < -0.3 is 18.9 Å². The summed E-state index contributed by atoms with van der Waals surface area (Å²) in [5.74, 6) is 0.946. The smallest absolute Gasteiger partial charge is 0.346 e. The van der Waals surface area contributed by atoms with Gasteiger partial charge in [-0.05, 0) is 43.7 Å². The zero-order valence-corrected chi connectivity index (χ0v) is 22.1. The highest BCUT2D eigenvalue weighted by Crippen LogP contribution is 2.39. The molecule has 0 saturated carbocycles. The van der Waals surface area contributed by atoms with E-state index in [4.69, 9.17) is 23.9 Å². The van der Waals surface area contributed by atoms with Crippen molar-refractivity contribution in [3.8, 4) is 17.2 Å². The van der Waals surface area contributed by atoms with Crippen molar-refractivity contribution < 1.29 is 23.7 Å². The van der Waals surface area contributed by atoms with Crippen LogP contribution in [0.4, 0.5) is 0 Å². The van der Waals surface area contributed by atoms with Crippen molar-refractivity contribution >= 4 is 39.0 Å². The Hall–Kier alpha value is -3.40. The number of hydrogen-bond acceptors (Lipinski definition) is 8. The molecule has 0 saturated heterocycles. The number of halogens is 1. The summed E-state index contributed by atoms with van der Waals surface area (Å²) in [6.07, 6.45) is 1.44. The van der Waals surface area contributed by atoms with E-state index in [2.05, 4.69) is 21.0 Å². The normalized spacial score (nSPS) is 13.0. The van der Waals surface area contributed by atoms with Crippen molar-refractivity contribution in [2.24, 2.45) is 5.10 Å². The second kappa shape index (κ2) is 11.4. The van der Waals surface area contributed by atoms with Crippen molar-refractivity contribution in [3.63, 3.8) is 0 Å². The fourth-order valence-corrected chi connectivity index (χ4v) is 3.75. The summed E-state index contributed by atoms with van der Waals surface area (Å²) in [6, 6.07) is 8.74. The van der Waals surface area contributed by atoms with Gasteiger partial charge in [0.1, 0.15) is 5.82 Å². The largest absolute Gasteiger partial charge is 0.493 e. The number of carbonyl (C=O) groups is 1. The van der Waals surface area contributed by atoms with Crippen LogP contribution in [0.15, 0.2) is 44.7 Å². The zero-order chi connectivity index (χ0) is 25.7. The third-order valence-corrected chi connectivity index (χ3v) is 6.01. The van der Waals surface area contributed by atoms with Gasteiger partial charge >= 0.3 is 5.97 Å². The lowest BCUT2D eigenvalue weighted by atomic mass is 10.1. The second-order valence-corrected chi connectivity index (χ2v) is 8.76. The van der Waals surface area contributed by atoms with Crippen molar-refractivity contribution in [1.82, 2.24) is 9.66 Å². The van der Waals surface area contributed by atoms with Gasteiger partial charge in [-0.2, -0.15) is 9.78 Å². The number of aromatic nitrogens is 2. The van der Waals surface area contributed by atoms with E-state index in [-0.39, 0.29) is 17.2 Å². The molecule has 0 aliphatic rings. The van der Waals surface area contributed by atoms with E-state index in [1.165, 1.54) is 32.2 Å². The number of rotatable bonds is 9. The molecule has 0 amide bonds. The Morgan fingerprint density at radius 2 is 1.80 bits per heavy atom. The van der Waals surface area contributed by atoms with Crippen molar-refractivity contribution in [2.45, 2.75) is 39.2 Å². The Balaban J connectivity index is 2.10. The number of hydrogen-bond donors (Lipinski definition) is 0. The van der Waals surface area contributed by atoms with Crippen LogP contribution in [-0.4, -0.2) is 49.3 Å². The number of nitrogens with zero attached hydrogens (tertiary/aromatic N) is 3. The van der Waals surface area contributed by atoms with Gasteiger partial charge in [0.25, 0.3) is 5.56 Å². The van der Waals surface area contributed by atoms with E-state index in [0.29, 0.717) is 33.8 Å². The quantitative estimate of drug-likeness (QED) is 0.288. The minimum absolute atomic E-state index is 0.00699. The molecule has 0 radical (unpaired) electrons. The topological polar surface area (TPSA) is 101 Å². The van der Waals surface area contributed by atoms with E-state index in [9.17, 15) is 9.59 Å². The van der Waals surface area contributed by atoms with Crippen molar-refractivity contribution in [3.05, 3.63) is 56.5 Å². The molecule has 35 heavy (non-hydrogen) atoms. The van der Waals surface area contributed by atoms with Crippen LogP contribution in [0.5, 0.6) is 17.2 Å². The second-order valence-electron chi connectivity index (χ2n) is 7.84. The Kier molecular flexibility index (Phi) is 8.50. The van der Waals surface area contributed by atoms with E-state index in [0.717, 1.165) is 10.9 Å². The number of fused-ring (bicyclic) bond motifs is 1. The molecule has 186 valence electrons. The molecule has 1 aromatic heterocycles. The average Bonchev–Trinajstić information content (AvgIpc) is 2.87. The molecule has 0 unspecified atom stereocenters. The van der Waals surface area contributed by atoms with Crippen LogP contribution in [0.3, 0.4) is 0 Å². The summed E-state index contributed by atoms with van der Waals surface area (Å²) in [5, 5.41) is 4.94. The lowest BCUT2D eigenvalue weighted by Gasteiger charge is -2.18. The molecule has 0 spiro atoms. The Morgan fingerprint density at radius 1 is 1.14 bits per heavy atom. The third kappa shape index (κ3) is 5.64. The predicted octanol–water partition coefficient (Wildman–Crippen LogP) is 4.51. The Morgan fingerprint density at radius 3 is 2.37 bits per heavy atom. The number of carbonyl (C=O) groups excluding carboxylic acids is 1. The minimum Gasteiger partial charge on any atom is -0.493 e. The Bertz CT molecular complexity index is 1300. The number of ether oxygens (including phenoxy) is 4. The maximum atomic E-state index is 13.3. The summed E-state index contributed by atoms with van der Waals surface area (Å²) in [7, 11) is 4.23. The summed E-state index contributed by atoms with van der Waals surface area (Å²) < 4.78 is 23.5. The molecular weight excluding hydrogens is 518 g/mol. The maximum Gasteiger partial charge on any atom is 0.346 e. The van der Waals surface area contributed by atoms with Crippen LogP contribution < -0.4 is 19.8 Å². The van der Waals surface area contributed by atoms with Gasteiger partial charge in [-0.1, -0.05) is 29.8 Å². The standard InChI is InChI=1S/C25H28BrN3O6/c1-7-14(2)23-28-19-9-8-17(26)12-18(19)24(30)29(23)27-13-16-10-20(32-4)22(21(11-16)33-5)35-15(3)25(31)34-6/h8-15H,7H2,1-6H3/t14-,15+/m0/s1. The van der Waals surface area contributed by atoms with Gasteiger partial charge in [-0.25, -0.2) is 9.78 Å². The number of esters is 1. The van der Waals surface area contributed by atoms with Crippen LogP contribution in [0.25, 0.3) is 10.9 Å². The van der Waals surface area contributed by atoms with Gasteiger partial charge in [0.2, 0.25) is 5.75 Å². The summed E-state index contributed by atoms with van der Waals surface area (Å²) in [4.78, 5) is 29.9. The molecule has 0 bridgehead atoms. The molecule has 0 aliphatic heterocycles. The lowest BCUT2D eigenvalue weighted by Crippen LogP contribution is -2.25. The van der Waals surface area contributed by atoms with E-state index in [1.54, 1.807) is 25.1 Å². The van der Waals surface area contributed by atoms with Gasteiger partial charge in [0.05, 0.1) is 38.4 Å². The highest BCUT2D eigenvalue weighted by molar-refractivity contribution is 9.10. The minimum atomic E-state index is -0.873. The lowest BCUT2D eigenvalue weighted by molar-refractivity contribution is -0.148. The average molecular weight is 546 g/mol. The maximum absolute atomic E-state index is 13.3. The molecule has 0 aliphatic carbocycles. The molecule has 9 nitrogen and oxygen atoms in total. The number of benzene rings is 2. The molecule has 2 aromatic carbocycles. The predicted molar refractivity (Wildman–Crippen MR) is 137 cm³/mol. The first-order chi connectivity index (χ1) is 16.7. The van der Waals surface area contributed by atoms with Gasteiger partial charge in [0, 0.05) is 16.0 Å². The first-order valence-corrected chi connectivity index (χ1v) is 11.8. The molecule has 3 aromatic rings. The van der Waals surface area contributed by atoms with E-state index in [1.807, 2.05) is 26.0 Å². The van der Waals surface area contributed by atoms with E-state index >= 15 is 0 Å². The van der Waals surface area contributed by atoms with Crippen LogP contribution in [-0.2, 0) is 9.53 Å². The SMILES string of the molecule is CC[C@H](C)c1nc2ccc(Br)cc2c(=O)n1N=Cc1cc(OC)c(O[C@H](C)C(=O)OC)c(OC)c1. The fraction of sp³-hybridized carbons (Fsp3) is 0.360. The molecule has 0 N–H and O–H groups in total. The van der Waals surface area contributed by atoms with Crippen molar-refractivity contribution in [2.75, 3.05) is 21.3 Å². The molecule has 2 atom stereocenters.